The standard InChI is InChI=1S/C20H24N2O3/c1-15-8-10-16(11-9-15)25-19-7-3-2-6-18(19)22-20(23)14-21-13-17-5-4-12-24-17/h2-3,6-11,17,21H,4-5,12-14H2,1H3,(H,22,23). The van der Waals surface area contributed by atoms with E-state index in [1.165, 1.54) is 5.56 Å². The zero-order chi connectivity index (χ0) is 17.5. The Kier molecular flexibility index (Phi) is 6.04. The van der Waals surface area contributed by atoms with Gasteiger partial charge in [0.05, 0.1) is 18.3 Å². The predicted octanol–water partition coefficient (Wildman–Crippen LogP) is 3.49. The lowest BCUT2D eigenvalue weighted by Crippen LogP contribution is -2.33. The minimum atomic E-state index is -0.0991. The number of ether oxygens (including phenoxy) is 2. The molecule has 1 unspecified atom stereocenters. The Morgan fingerprint density at radius 1 is 1.20 bits per heavy atom. The van der Waals surface area contributed by atoms with Crippen molar-refractivity contribution in [2.75, 3.05) is 25.0 Å². The molecule has 0 saturated carbocycles. The molecular weight excluding hydrogens is 316 g/mol. The van der Waals surface area contributed by atoms with E-state index in [9.17, 15) is 4.79 Å². The number of para-hydroxylation sites is 2. The van der Waals surface area contributed by atoms with Crippen LogP contribution in [0.3, 0.4) is 0 Å². The first kappa shape index (κ1) is 17.5. The molecule has 1 aliphatic heterocycles. The average Bonchev–Trinajstić information content (AvgIpc) is 3.12. The van der Waals surface area contributed by atoms with Crippen molar-refractivity contribution in [3.63, 3.8) is 0 Å². The van der Waals surface area contributed by atoms with Gasteiger partial charge in [0.15, 0.2) is 5.75 Å². The number of carbonyl (C=O) groups excluding carboxylic acids is 1. The maximum atomic E-state index is 12.2. The van der Waals surface area contributed by atoms with Gasteiger partial charge in [-0.15, -0.1) is 0 Å². The average molecular weight is 340 g/mol. The molecule has 1 amide bonds. The largest absolute Gasteiger partial charge is 0.455 e. The maximum absolute atomic E-state index is 12.2. The quantitative estimate of drug-likeness (QED) is 0.810. The van der Waals surface area contributed by atoms with Gasteiger partial charge in [-0.3, -0.25) is 4.79 Å². The Labute approximate surface area is 148 Å². The van der Waals surface area contributed by atoms with E-state index in [4.69, 9.17) is 9.47 Å². The summed E-state index contributed by atoms with van der Waals surface area (Å²) in [7, 11) is 0. The SMILES string of the molecule is Cc1ccc(Oc2ccccc2NC(=O)CNCC2CCCO2)cc1. The third-order valence-electron chi connectivity index (χ3n) is 4.09. The molecule has 2 aromatic rings. The van der Waals surface area contributed by atoms with Crippen LogP contribution in [0.5, 0.6) is 11.5 Å². The zero-order valence-corrected chi connectivity index (χ0v) is 14.5. The number of nitrogens with one attached hydrogen (secondary N) is 2. The first-order chi connectivity index (χ1) is 12.2. The van der Waals surface area contributed by atoms with Gasteiger partial charge < -0.3 is 20.1 Å². The van der Waals surface area contributed by atoms with Gasteiger partial charge in [-0.2, -0.15) is 0 Å². The summed E-state index contributed by atoms with van der Waals surface area (Å²) < 4.78 is 11.4. The second kappa shape index (κ2) is 8.65. The van der Waals surface area contributed by atoms with Crippen LogP contribution >= 0.6 is 0 Å². The summed E-state index contributed by atoms with van der Waals surface area (Å²) in [6.07, 6.45) is 2.38. The molecule has 5 heteroatoms. The van der Waals surface area contributed by atoms with E-state index in [1.54, 1.807) is 0 Å². The first-order valence-corrected chi connectivity index (χ1v) is 8.66. The molecule has 132 valence electrons. The first-order valence-electron chi connectivity index (χ1n) is 8.66. The van der Waals surface area contributed by atoms with E-state index in [1.807, 2.05) is 55.5 Å². The highest BCUT2D eigenvalue weighted by Crippen LogP contribution is 2.29. The van der Waals surface area contributed by atoms with Crippen LogP contribution < -0.4 is 15.4 Å². The molecule has 0 aromatic heterocycles. The molecular formula is C20H24N2O3. The fraction of sp³-hybridized carbons (Fsp3) is 0.350. The predicted molar refractivity (Wildman–Crippen MR) is 98.2 cm³/mol. The molecule has 5 nitrogen and oxygen atoms in total. The number of carbonyl (C=O) groups is 1. The molecule has 2 N–H and O–H groups in total. The van der Waals surface area contributed by atoms with Gasteiger partial charge in [-0.25, -0.2) is 0 Å². The topological polar surface area (TPSA) is 59.6 Å². The fourth-order valence-electron chi connectivity index (χ4n) is 2.74. The number of aryl methyl sites for hydroxylation is 1. The Hall–Kier alpha value is -2.37. The van der Waals surface area contributed by atoms with Crippen LogP contribution in [0.4, 0.5) is 5.69 Å². The van der Waals surface area contributed by atoms with E-state index < -0.39 is 0 Å². The number of anilines is 1. The van der Waals surface area contributed by atoms with Crippen LogP contribution in [-0.4, -0.2) is 31.7 Å². The highest BCUT2D eigenvalue weighted by atomic mass is 16.5. The highest BCUT2D eigenvalue weighted by molar-refractivity contribution is 5.93. The van der Waals surface area contributed by atoms with Crippen molar-refractivity contribution in [3.05, 3.63) is 54.1 Å². The van der Waals surface area contributed by atoms with Gasteiger partial charge in [0, 0.05) is 13.2 Å². The van der Waals surface area contributed by atoms with Crippen LogP contribution in [0, 0.1) is 6.92 Å². The van der Waals surface area contributed by atoms with Crippen molar-refractivity contribution < 1.29 is 14.3 Å². The molecule has 1 atom stereocenters. The fourth-order valence-corrected chi connectivity index (χ4v) is 2.74. The molecule has 1 aliphatic rings. The van der Waals surface area contributed by atoms with E-state index in [-0.39, 0.29) is 18.6 Å². The second-order valence-corrected chi connectivity index (χ2v) is 6.23. The van der Waals surface area contributed by atoms with Crippen molar-refractivity contribution in [2.24, 2.45) is 0 Å². The maximum Gasteiger partial charge on any atom is 0.238 e. The van der Waals surface area contributed by atoms with Gasteiger partial charge in [-0.05, 0) is 44.0 Å². The van der Waals surface area contributed by atoms with Gasteiger partial charge in [0.25, 0.3) is 0 Å². The van der Waals surface area contributed by atoms with Crippen molar-refractivity contribution >= 4 is 11.6 Å². The minimum Gasteiger partial charge on any atom is -0.455 e. The van der Waals surface area contributed by atoms with Crippen molar-refractivity contribution in [2.45, 2.75) is 25.9 Å². The van der Waals surface area contributed by atoms with Crippen molar-refractivity contribution in [3.8, 4) is 11.5 Å². The van der Waals surface area contributed by atoms with E-state index in [0.29, 0.717) is 18.0 Å². The number of amides is 1. The second-order valence-electron chi connectivity index (χ2n) is 6.23. The van der Waals surface area contributed by atoms with E-state index in [2.05, 4.69) is 10.6 Å². The smallest absolute Gasteiger partial charge is 0.238 e. The van der Waals surface area contributed by atoms with Crippen LogP contribution in [0.2, 0.25) is 0 Å². The lowest BCUT2D eigenvalue weighted by Gasteiger charge is -2.13. The van der Waals surface area contributed by atoms with Gasteiger partial charge in [0.1, 0.15) is 5.75 Å². The number of benzene rings is 2. The van der Waals surface area contributed by atoms with Gasteiger partial charge >= 0.3 is 0 Å². The van der Waals surface area contributed by atoms with Gasteiger partial charge in [-0.1, -0.05) is 29.8 Å². The lowest BCUT2D eigenvalue weighted by molar-refractivity contribution is -0.115. The normalized spacial score (nSPS) is 16.6. The van der Waals surface area contributed by atoms with Crippen LogP contribution in [0.1, 0.15) is 18.4 Å². The van der Waals surface area contributed by atoms with Crippen LogP contribution in [-0.2, 0) is 9.53 Å². The summed E-state index contributed by atoms with van der Waals surface area (Å²) in [5.41, 5.74) is 1.83. The molecule has 0 aliphatic carbocycles. The Balaban J connectivity index is 1.54. The Morgan fingerprint density at radius 3 is 2.76 bits per heavy atom. The monoisotopic (exact) mass is 340 g/mol. The Morgan fingerprint density at radius 2 is 2.00 bits per heavy atom. The molecule has 25 heavy (non-hydrogen) atoms. The number of hydrogen-bond acceptors (Lipinski definition) is 4. The summed E-state index contributed by atoms with van der Waals surface area (Å²) in [6.45, 7) is 3.80. The molecule has 0 radical (unpaired) electrons. The summed E-state index contributed by atoms with van der Waals surface area (Å²) >= 11 is 0. The van der Waals surface area contributed by atoms with Gasteiger partial charge in [0.2, 0.25) is 5.91 Å². The zero-order valence-electron chi connectivity index (χ0n) is 14.5. The van der Waals surface area contributed by atoms with Crippen LogP contribution in [0.15, 0.2) is 48.5 Å². The third-order valence-corrected chi connectivity index (χ3v) is 4.09. The molecule has 1 heterocycles. The highest BCUT2D eigenvalue weighted by Gasteiger charge is 2.15. The molecule has 0 bridgehead atoms. The summed E-state index contributed by atoms with van der Waals surface area (Å²) in [5.74, 6) is 1.26. The molecule has 1 fully saturated rings. The lowest BCUT2D eigenvalue weighted by atomic mass is 10.2. The molecule has 3 rings (SSSR count). The molecule has 0 spiro atoms. The molecule has 2 aromatic carbocycles. The van der Waals surface area contributed by atoms with Crippen molar-refractivity contribution in [1.82, 2.24) is 5.32 Å². The van der Waals surface area contributed by atoms with Crippen molar-refractivity contribution in [1.29, 1.82) is 0 Å². The van der Waals surface area contributed by atoms with Crippen LogP contribution in [0.25, 0.3) is 0 Å². The summed E-state index contributed by atoms with van der Waals surface area (Å²) in [5, 5.41) is 6.05. The Bertz CT molecular complexity index is 694. The van der Waals surface area contributed by atoms with E-state index in [0.717, 1.165) is 25.2 Å². The third kappa shape index (κ3) is 5.31. The summed E-state index contributed by atoms with van der Waals surface area (Å²) in [6, 6.07) is 15.2. The van der Waals surface area contributed by atoms with E-state index >= 15 is 0 Å². The molecule has 1 saturated heterocycles. The summed E-state index contributed by atoms with van der Waals surface area (Å²) in [4.78, 5) is 12.2. The minimum absolute atomic E-state index is 0.0991. The number of hydrogen-bond donors (Lipinski definition) is 2. The number of rotatable bonds is 7.